The number of rotatable bonds is 4. The van der Waals surface area contributed by atoms with Crippen molar-refractivity contribution in [3.05, 3.63) is 0 Å². The highest BCUT2D eigenvalue weighted by Gasteiger charge is 2.36. The molecule has 2 N–H and O–H groups in total. The minimum Gasteiger partial charge on any atom is -0.370 e. The molecule has 0 radical (unpaired) electrons. The zero-order valence-electron chi connectivity index (χ0n) is 10.6. The van der Waals surface area contributed by atoms with E-state index in [-0.39, 0.29) is 12.5 Å². The summed E-state index contributed by atoms with van der Waals surface area (Å²) in [7, 11) is 0. The van der Waals surface area contributed by atoms with Crippen LogP contribution in [0.1, 0.15) is 19.8 Å². The molecule has 0 bridgehead atoms. The number of hydrogen-bond donors (Lipinski definition) is 1. The summed E-state index contributed by atoms with van der Waals surface area (Å²) in [5, 5.41) is 0. The first kappa shape index (κ1) is 12.8. The standard InChI is InChI=1S/C12H23N3O2/c1-10-7-14-5-2-3-11(14)8-15(10)12(16)9-17-6-4-13/h10-11H,2-9,13H2,1H3. The predicted octanol–water partition coefficient (Wildman–Crippen LogP) is -0.343. The van der Waals surface area contributed by atoms with Gasteiger partial charge in [0.15, 0.2) is 0 Å². The maximum Gasteiger partial charge on any atom is 0.248 e. The molecule has 2 aliphatic heterocycles. The second-order valence-corrected chi connectivity index (χ2v) is 5.03. The number of carbonyl (C=O) groups is 1. The van der Waals surface area contributed by atoms with Crippen LogP contribution in [0.15, 0.2) is 0 Å². The molecule has 98 valence electrons. The first-order chi connectivity index (χ1) is 8.22. The minimum atomic E-state index is 0.109. The molecular formula is C12H23N3O2. The topological polar surface area (TPSA) is 58.8 Å². The molecule has 0 aliphatic carbocycles. The molecule has 0 aromatic heterocycles. The van der Waals surface area contributed by atoms with Gasteiger partial charge in [-0.25, -0.2) is 0 Å². The Kier molecular flexibility index (Phi) is 4.36. The van der Waals surface area contributed by atoms with Crippen LogP contribution in [0.25, 0.3) is 0 Å². The van der Waals surface area contributed by atoms with Gasteiger partial charge in [-0.3, -0.25) is 9.69 Å². The van der Waals surface area contributed by atoms with E-state index in [1.54, 1.807) is 0 Å². The Morgan fingerprint density at radius 1 is 1.47 bits per heavy atom. The van der Waals surface area contributed by atoms with E-state index in [2.05, 4.69) is 11.8 Å². The Bertz CT molecular complexity index is 272. The maximum absolute atomic E-state index is 12.0. The predicted molar refractivity (Wildman–Crippen MR) is 65.6 cm³/mol. The van der Waals surface area contributed by atoms with Crippen LogP contribution in [0.3, 0.4) is 0 Å². The number of nitrogens with two attached hydrogens (primary N) is 1. The van der Waals surface area contributed by atoms with Crippen molar-refractivity contribution < 1.29 is 9.53 Å². The first-order valence-corrected chi connectivity index (χ1v) is 6.53. The molecule has 2 aliphatic rings. The van der Waals surface area contributed by atoms with Crippen molar-refractivity contribution in [3.8, 4) is 0 Å². The SMILES string of the molecule is CC1CN2CCCC2CN1C(=O)COCCN. The molecule has 0 aromatic carbocycles. The van der Waals surface area contributed by atoms with E-state index in [1.807, 2.05) is 4.90 Å². The molecule has 2 unspecified atom stereocenters. The average Bonchev–Trinajstić information content (AvgIpc) is 2.75. The largest absolute Gasteiger partial charge is 0.370 e. The molecule has 2 saturated heterocycles. The van der Waals surface area contributed by atoms with Gasteiger partial charge in [-0.05, 0) is 26.3 Å². The first-order valence-electron chi connectivity index (χ1n) is 6.53. The van der Waals surface area contributed by atoms with Gasteiger partial charge in [0, 0.05) is 31.7 Å². The van der Waals surface area contributed by atoms with E-state index >= 15 is 0 Å². The Labute approximate surface area is 103 Å². The monoisotopic (exact) mass is 241 g/mol. The molecule has 2 atom stereocenters. The van der Waals surface area contributed by atoms with Crippen LogP contribution in [-0.2, 0) is 9.53 Å². The van der Waals surface area contributed by atoms with E-state index < -0.39 is 0 Å². The Balaban J connectivity index is 1.84. The van der Waals surface area contributed by atoms with Crippen molar-refractivity contribution in [2.45, 2.75) is 31.8 Å². The van der Waals surface area contributed by atoms with E-state index in [0.29, 0.717) is 25.2 Å². The number of fused-ring (bicyclic) bond motifs is 1. The second-order valence-electron chi connectivity index (χ2n) is 5.03. The third-order valence-corrected chi connectivity index (χ3v) is 3.75. The van der Waals surface area contributed by atoms with E-state index in [4.69, 9.17) is 10.5 Å². The van der Waals surface area contributed by atoms with Crippen LogP contribution >= 0.6 is 0 Å². The highest BCUT2D eigenvalue weighted by Crippen LogP contribution is 2.24. The highest BCUT2D eigenvalue weighted by molar-refractivity contribution is 5.78. The molecule has 2 fully saturated rings. The molecule has 0 spiro atoms. The van der Waals surface area contributed by atoms with Gasteiger partial charge in [0.25, 0.3) is 0 Å². The number of amides is 1. The molecule has 17 heavy (non-hydrogen) atoms. The summed E-state index contributed by atoms with van der Waals surface area (Å²) in [4.78, 5) is 16.5. The third kappa shape index (κ3) is 2.97. The number of carbonyl (C=O) groups excluding carboxylic acids is 1. The lowest BCUT2D eigenvalue weighted by Crippen LogP contribution is -2.57. The maximum atomic E-state index is 12.0. The summed E-state index contributed by atoms with van der Waals surface area (Å²) in [6.45, 7) is 6.30. The van der Waals surface area contributed by atoms with Crippen molar-refractivity contribution >= 4 is 5.91 Å². The number of nitrogens with zero attached hydrogens (tertiary/aromatic N) is 2. The van der Waals surface area contributed by atoms with Gasteiger partial charge >= 0.3 is 0 Å². The molecule has 0 saturated carbocycles. The number of piperazine rings is 1. The van der Waals surface area contributed by atoms with Crippen molar-refractivity contribution in [2.75, 3.05) is 39.4 Å². The summed E-state index contributed by atoms with van der Waals surface area (Å²) in [6.07, 6.45) is 2.49. The number of ether oxygens (including phenoxy) is 1. The van der Waals surface area contributed by atoms with Crippen LogP contribution in [0, 0.1) is 0 Å². The van der Waals surface area contributed by atoms with Gasteiger partial charge in [-0.2, -0.15) is 0 Å². The number of hydrogen-bond acceptors (Lipinski definition) is 4. The lowest BCUT2D eigenvalue weighted by molar-refractivity contribution is -0.141. The lowest BCUT2D eigenvalue weighted by atomic mass is 10.1. The van der Waals surface area contributed by atoms with E-state index in [9.17, 15) is 4.79 Å². The summed E-state index contributed by atoms with van der Waals surface area (Å²) < 4.78 is 5.23. The summed E-state index contributed by atoms with van der Waals surface area (Å²) in [5.41, 5.74) is 5.33. The summed E-state index contributed by atoms with van der Waals surface area (Å²) >= 11 is 0. The lowest BCUT2D eigenvalue weighted by Gasteiger charge is -2.42. The average molecular weight is 241 g/mol. The van der Waals surface area contributed by atoms with Crippen molar-refractivity contribution in [1.29, 1.82) is 0 Å². The smallest absolute Gasteiger partial charge is 0.248 e. The van der Waals surface area contributed by atoms with Crippen LogP contribution in [0.5, 0.6) is 0 Å². The van der Waals surface area contributed by atoms with Gasteiger partial charge < -0.3 is 15.4 Å². The Hall–Kier alpha value is -0.650. The fourth-order valence-electron chi connectivity index (χ4n) is 2.86. The molecular weight excluding hydrogens is 218 g/mol. The van der Waals surface area contributed by atoms with Crippen molar-refractivity contribution in [3.63, 3.8) is 0 Å². The van der Waals surface area contributed by atoms with Crippen molar-refractivity contribution in [2.24, 2.45) is 5.73 Å². The zero-order valence-corrected chi connectivity index (χ0v) is 10.6. The Morgan fingerprint density at radius 3 is 3.06 bits per heavy atom. The van der Waals surface area contributed by atoms with Gasteiger partial charge in [0.2, 0.25) is 5.91 Å². The molecule has 2 rings (SSSR count). The summed E-state index contributed by atoms with van der Waals surface area (Å²) in [6, 6.07) is 0.878. The fraction of sp³-hybridized carbons (Fsp3) is 0.917. The van der Waals surface area contributed by atoms with Crippen LogP contribution in [0.4, 0.5) is 0 Å². The van der Waals surface area contributed by atoms with Gasteiger partial charge in [-0.15, -0.1) is 0 Å². The quantitative estimate of drug-likeness (QED) is 0.684. The third-order valence-electron chi connectivity index (χ3n) is 3.75. The van der Waals surface area contributed by atoms with Crippen LogP contribution in [0.2, 0.25) is 0 Å². The molecule has 0 aromatic rings. The Morgan fingerprint density at radius 2 is 2.29 bits per heavy atom. The van der Waals surface area contributed by atoms with E-state index in [1.165, 1.54) is 19.4 Å². The normalized spacial score (nSPS) is 29.4. The zero-order chi connectivity index (χ0) is 12.3. The highest BCUT2D eigenvalue weighted by atomic mass is 16.5. The second kappa shape index (κ2) is 5.80. The van der Waals surface area contributed by atoms with Crippen LogP contribution in [-0.4, -0.2) is 67.2 Å². The molecule has 5 nitrogen and oxygen atoms in total. The van der Waals surface area contributed by atoms with E-state index in [0.717, 1.165) is 13.1 Å². The fourth-order valence-corrected chi connectivity index (χ4v) is 2.86. The van der Waals surface area contributed by atoms with Gasteiger partial charge in [-0.1, -0.05) is 0 Å². The molecule has 1 amide bonds. The molecule has 2 heterocycles. The van der Waals surface area contributed by atoms with Crippen molar-refractivity contribution in [1.82, 2.24) is 9.80 Å². The molecule has 5 heteroatoms. The summed E-state index contributed by atoms with van der Waals surface area (Å²) in [5.74, 6) is 0.109. The minimum absolute atomic E-state index is 0.109. The van der Waals surface area contributed by atoms with Gasteiger partial charge in [0.05, 0.1) is 6.61 Å². The van der Waals surface area contributed by atoms with Gasteiger partial charge in [0.1, 0.15) is 6.61 Å². The van der Waals surface area contributed by atoms with Crippen LogP contribution < -0.4 is 5.73 Å².